The highest BCUT2D eigenvalue weighted by Crippen LogP contribution is 2.07. The number of nitrogens with one attached hydrogen (secondary N) is 1. The predicted molar refractivity (Wildman–Crippen MR) is 62.0 cm³/mol. The number of hydrogen-bond donors (Lipinski definition) is 1. The molecule has 0 aliphatic carbocycles. The molecule has 1 atom stereocenters. The summed E-state index contributed by atoms with van der Waals surface area (Å²) in [7, 11) is -2.62. The third-order valence-electron chi connectivity index (χ3n) is 1.93. The summed E-state index contributed by atoms with van der Waals surface area (Å²) >= 11 is 5.62. The van der Waals surface area contributed by atoms with E-state index in [2.05, 4.69) is 10.3 Å². The summed E-state index contributed by atoms with van der Waals surface area (Å²) in [6.45, 7) is 1.64. The molecule has 1 rings (SSSR count). The zero-order valence-corrected chi connectivity index (χ0v) is 9.80. The largest absolute Gasteiger partial charge is 0.245 e. The van der Waals surface area contributed by atoms with Crippen molar-refractivity contribution >= 4 is 26.2 Å². The average Bonchev–Trinajstić information content (AvgIpc) is 2.18. The second-order valence-electron chi connectivity index (χ2n) is 2.95. The quantitative estimate of drug-likeness (QED) is 0.288. The first kappa shape index (κ1) is 11.9. The Hall–Kier alpha value is -1.14. The van der Waals surface area contributed by atoms with E-state index in [-0.39, 0.29) is 0 Å². The average molecular weight is 248 g/mol. The van der Waals surface area contributed by atoms with Gasteiger partial charge in [0.15, 0.2) is 0 Å². The summed E-state index contributed by atoms with van der Waals surface area (Å²) in [4.78, 5) is 16.4. The fourth-order valence-corrected chi connectivity index (χ4v) is 1.91. The van der Waals surface area contributed by atoms with Crippen molar-refractivity contribution in [2.45, 2.75) is 6.92 Å². The van der Waals surface area contributed by atoms with Crippen LogP contribution in [0.2, 0.25) is 5.15 Å². The van der Waals surface area contributed by atoms with E-state index in [9.17, 15) is 9.12 Å². The van der Waals surface area contributed by atoms with E-state index in [1.807, 2.05) is 4.83 Å². The maximum atomic E-state index is 11.9. The summed E-state index contributed by atoms with van der Waals surface area (Å²) in [5.74, 6) is 0. The van der Waals surface area contributed by atoms with Crippen molar-refractivity contribution in [2.75, 3.05) is 6.26 Å². The molecule has 1 heterocycles. The maximum Gasteiger partial charge on any atom is 0.129 e. The van der Waals surface area contributed by atoms with Gasteiger partial charge in [-0.2, -0.15) is 4.83 Å². The van der Waals surface area contributed by atoms with Crippen LogP contribution in [0.5, 0.6) is 0 Å². The molecule has 15 heavy (non-hydrogen) atoms. The van der Waals surface area contributed by atoms with Gasteiger partial charge in [-0.15, -0.1) is 4.91 Å². The molecule has 0 radical (unpaired) electrons. The van der Waals surface area contributed by atoms with Gasteiger partial charge in [-0.25, -0.2) is 9.19 Å². The summed E-state index contributed by atoms with van der Waals surface area (Å²) in [5.41, 5.74) is 0.656. The third kappa shape index (κ3) is 2.90. The molecule has 0 aliphatic heterocycles. The molecule has 1 aromatic rings. The molecular formula is C8H10ClN3O2S. The van der Waals surface area contributed by atoms with Gasteiger partial charge in [0.2, 0.25) is 0 Å². The molecule has 7 heteroatoms. The van der Waals surface area contributed by atoms with E-state index in [1.165, 1.54) is 12.5 Å². The Balaban J connectivity index is 3.24. The summed E-state index contributed by atoms with van der Waals surface area (Å²) in [6, 6.07) is 3.27. The van der Waals surface area contributed by atoms with Crippen LogP contribution < -0.4 is 4.83 Å². The van der Waals surface area contributed by atoms with E-state index in [0.717, 1.165) is 0 Å². The van der Waals surface area contributed by atoms with Gasteiger partial charge in [0.25, 0.3) is 0 Å². The first-order valence-electron chi connectivity index (χ1n) is 4.01. The lowest BCUT2D eigenvalue weighted by molar-refractivity contribution is 0.676. The molecule has 82 valence electrons. The molecular weight excluding hydrogens is 238 g/mol. The number of nitrogens with zero attached hydrogens (tertiary/aromatic N) is 2. The monoisotopic (exact) mass is 247 g/mol. The van der Waals surface area contributed by atoms with Crippen molar-refractivity contribution in [3.05, 3.63) is 34.0 Å². The molecule has 0 fully saturated rings. The second kappa shape index (κ2) is 4.59. The summed E-state index contributed by atoms with van der Waals surface area (Å²) < 4.78 is 11.9. The molecule has 0 saturated heterocycles. The van der Waals surface area contributed by atoms with Crippen molar-refractivity contribution in [2.24, 2.45) is 5.29 Å². The normalized spacial score (nSPS) is 14.1. The summed E-state index contributed by atoms with van der Waals surface area (Å²) in [6.07, 6.45) is 2.89. The fourth-order valence-electron chi connectivity index (χ4n) is 0.949. The smallest absolute Gasteiger partial charge is 0.129 e. The molecule has 0 amide bonds. The van der Waals surface area contributed by atoms with Crippen LogP contribution >= 0.6 is 11.6 Å². The lowest BCUT2D eigenvalue weighted by Crippen LogP contribution is -2.23. The van der Waals surface area contributed by atoms with Crippen LogP contribution in [0.25, 0.3) is 0 Å². The SMILES string of the molecule is CC(c1ccc(Cl)nc1)=S(C)(=O)NN=O. The Labute approximate surface area is 92.9 Å². The Kier molecular flexibility index (Phi) is 3.65. The van der Waals surface area contributed by atoms with Crippen molar-refractivity contribution in [1.82, 2.24) is 9.82 Å². The number of nitroso groups, excluding NO2 is 1. The zero-order chi connectivity index (χ0) is 11.5. The van der Waals surface area contributed by atoms with Crippen LogP contribution in [0.15, 0.2) is 23.6 Å². The Morgan fingerprint density at radius 2 is 2.27 bits per heavy atom. The van der Waals surface area contributed by atoms with Gasteiger partial charge in [-0.1, -0.05) is 11.6 Å². The number of aromatic nitrogens is 1. The van der Waals surface area contributed by atoms with Gasteiger partial charge >= 0.3 is 0 Å². The molecule has 1 aromatic heterocycles. The molecule has 0 spiro atoms. The minimum absolute atomic E-state index is 0.357. The molecule has 0 saturated carbocycles. The minimum atomic E-state index is -2.62. The Morgan fingerprint density at radius 3 is 2.73 bits per heavy atom. The maximum absolute atomic E-state index is 11.9. The predicted octanol–water partition coefficient (Wildman–Crippen LogP) is 1.38. The minimum Gasteiger partial charge on any atom is -0.245 e. The molecule has 1 unspecified atom stereocenters. The topological polar surface area (TPSA) is 71.4 Å². The van der Waals surface area contributed by atoms with Gasteiger partial charge in [-0.05, 0) is 19.1 Å². The number of halogens is 1. The van der Waals surface area contributed by atoms with Gasteiger partial charge in [0, 0.05) is 22.9 Å². The molecule has 0 aliphatic rings. The van der Waals surface area contributed by atoms with E-state index >= 15 is 0 Å². The Bertz CT molecular complexity index is 477. The zero-order valence-electron chi connectivity index (χ0n) is 8.23. The number of hydrogen-bond acceptors (Lipinski definition) is 4. The fraction of sp³-hybridized carbons (Fsp3) is 0.250. The van der Waals surface area contributed by atoms with Crippen LogP contribution in [0.3, 0.4) is 0 Å². The molecule has 0 bridgehead atoms. The first-order valence-corrected chi connectivity index (χ1v) is 6.35. The van der Waals surface area contributed by atoms with Gasteiger partial charge in [0.05, 0.1) is 15.0 Å². The molecule has 1 N–H and O–H groups in total. The van der Waals surface area contributed by atoms with Gasteiger partial charge < -0.3 is 0 Å². The summed E-state index contributed by atoms with van der Waals surface area (Å²) in [5, 5.41) is 2.79. The van der Waals surface area contributed by atoms with E-state index < -0.39 is 9.71 Å². The van der Waals surface area contributed by atoms with Crippen LogP contribution in [-0.4, -0.2) is 20.3 Å². The lowest BCUT2D eigenvalue weighted by atomic mass is 10.2. The van der Waals surface area contributed by atoms with Crippen molar-refractivity contribution in [3.63, 3.8) is 0 Å². The standard InChI is InChI=1S/C8H10ClN3O2S/c1-6(15(2,14)12-11-13)7-3-4-8(9)10-5-7/h3-5H,1-2H3,(H,12,13,14). The van der Waals surface area contributed by atoms with E-state index in [0.29, 0.717) is 15.6 Å². The van der Waals surface area contributed by atoms with Crippen molar-refractivity contribution in [1.29, 1.82) is 0 Å². The lowest BCUT2D eigenvalue weighted by Gasteiger charge is -2.07. The highest BCUT2D eigenvalue weighted by atomic mass is 35.5. The van der Waals surface area contributed by atoms with E-state index in [4.69, 9.17) is 11.6 Å². The molecule has 5 nitrogen and oxygen atoms in total. The van der Waals surface area contributed by atoms with Crippen LogP contribution in [-0.2, 0) is 9.71 Å². The third-order valence-corrected chi connectivity index (χ3v) is 3.98. The second-order valence-corrected chi connectivity index (χ2v) is 5.82. The molecule has 0 aromatic carbocycles. The van der Waals surface area contributed by atoms with Crippen molar-refractivity contribution in [3.8, 4) is 0 Å². The van der Waals surface area contributed by atoms with E-state index in [1.54, 1.807) is 19.1 Å². The van der Waals surface area contributed by atoms with Crippen molar-refractivity contribution < 1.29 is 4.21 Å². The Morgan fingerprint density at radius 1 is 1.60 bits per heavy atom. The first-order chi connectivity index (χ1) is 6.97. The van der Waals surface area contributed by atoms with Gasteiger partial charge in [0.1, 0.15) is 5.15 Å². The highest BCUT2D eigenvalue weighted by Gasteiger charge is 2.07. The highest BCUT2D eigenvalue weighted by molar-refractivity contribution is 8.00. The van der Waals surface area contributed by atoms with Crippen LogP contribution in [0, 0.1) is 4.91 Å². The van der Waals surface area contributed by atoms with Crippen LogP contribution in [0.4, 0.5) is 0 Å². The number of pyridine rings is 1. The number of rotatable bonds is 3. The van der Waals surface area contributed by atoms with Crippen LogP contribution in [0.1, 0.15) is 12.5 Å². The van der Waals surface area contributed by atoms with Gasteiger partial charge in [-0.3, -0.25) is 0 Å².